The van der Waals surface area contributed by atoms with E-state index >= 15 is 0 Å². The van der Waals surface area contributed by atoms with Crippen LogP contribution in [-0.4, -0.2) is 13.6 Å². The van der Waals surface area contributed by atoms with Crippen LogP contribution < -0.4 is 4.89 Å². The number of hydrogen-bond donors (Lipinski definition) is 3. The molecular weight excluding hydrogens is 130 g/mol. The Labute approximate surface area is 42.6 Å². The monoisotopic (exact) mass is 133 g/mol. The minimum Gasteiger partial charge on any atom is -0.302 e. The Balaban J connectivity index is 0. The van der Waals surface area contributed by atoms with Crippen LogP contribution in [0.4, 0.5) is 0 Å². The second-order valence-corrected chi connectivity index (χ2v) is 1.07. The van der Waals surface area contributed by atoms with Gasteiger partial charge in [-0.1, -0.05) is 4.89 Å². The van der Waals surface area contributed by atoms with Gasteiger partial charge in [0.2, 0.25) is 10.9 Å². The average molecular weight is 134 g/mol. The summed E-state index contributed by atoms with van der Waals surface area (Å²) < 4.78 is 18.1. The first-order valence-corrected chi connectivity index (χ1v) is 1.99. The first-order valence-electron chi connectivity index (χ1n) is 0.812. The van der Waals surface area contributed by atoms with Crippen molar-refractivity contribution in [3.63, 3.8) is 0 Å². The van der Waals surface area contributed by atoms with Crippen molar-refractivity contribution < 1.29 is 13.6 Å². The Morgan fingerprint density at radius 3 is 1.67 bits per heavy atom. The van der Waals surface area contributed by atoms with Crippen LogP contribution in [0.5, 0.6) is 0 Å². The van der Waals surface area contributed by atoms with Crippen molar-refractivity contribution in [2.45, 2.75) is 0 Å². The summed E-state index contributed by atoms with van der Waals surface area (Å²) in [7, 11) is -2.79. The van der Waals surface area contributed by atoms with Gasteiger partial charge >= 0.3 is 0 Å². The van der Waals surface area contributed by atoms with Gasteiger partial charge in [0.05, 0.1) is 0 Å². The molecule has 0 rings (SSSR count). The highest BCUT2D eigenvalue weighted by Crippen LogP contribution is 1.32. The van der Waals surface area contributed by atoms with E-state index in [4.69, 9.17) is 13.6 Å². The largest absolute Gasteiger partial charge is 0.302 e. The molecule has 0 spiro atoms. The molecule has 40 valence electrons. The zero-order valence-corrected chi connectivity index (χ0v) is 4.33. The third kappa shape index (κ3) is 8.90. The van der Waals surface area contributed by atoms with Gasteiger partial charge in [0.1, 0.15) is 0 Å². The standard InChI is InChI=1S/ClH.H3NO3S/c;2-1-5(3)4/h1H;2,5H,(H,1,3,4). The summed E-state index contributed by atoms with van der Waals surface area (Å²) in [5.41, 5.74) is 0. The molecule has 0 unspecified atom stereocenters. The van der Waals surface area contributed by atoms with E-state index in [0.717, 1.165) is 4.89 Å². The van der Waals surface area contributed by atoms with Gasteiger partial charge < -0.3 is 5.21 Å². The van der Waals surface area contributed by atoms with Crippen LogP contribution in [-0.2, 0) is 10.9 Å². The molecule has 0 saturated heterocycles. The van der Waals surface area contributed by atoms with Crippen molar-refractivity contribution in [3.8, 4) is 0 Å². The Bertz CT molecular complexity index is 68.9. The summed E-state index contributed by atoms with van der Waals surface area (Å²) in [5, 5.41) is 7.30. The fourth-order valence-corrected chi connectivity index (χ4v) is 0. The van der Waals surface area contributed by atoms with Crippen molar-refractivity contribution in [2.75, 3.05) is 0 Å². The molecule has 0 aliphatic rings. The maximum absolute atomic E-state index is 9.04. The molecule has 0 aliphatic heterocycles. The number of halogens is 1. The maximum atomic E-state index is 9.04. The van der Waals surface area contributed by atoms with Gasteiger partial charge in [0, 0.05) is 0 Å². The SMILES string of the molecule is Cl.O=[SH](=O)NO. The van der Waals surface area contributed by atoms with Gasteiger partial charge in [-0.05, 0) is 0 Å². The van der Waals surface area contributed by atoms with Gasteiger partial charge in [0.15, 0.2) is 0 Å². The van der Waals surface area contributed by atoms with Crippen molar-refractivity contribution >= 4 is 23.3 Å². The maximum Gasteiger partial charge on any atom is 0.223 e. The normalized spacial score (nSPS) is 7.67. The van der Waals surface area contributed by atoms with E-state index in [0.29, 0.717) is 0 Å². The lowest BCUT2D eigenvalue weighted by molar-refractivity contribution is 0.247. The summed E-state index contributed by atoms with van der Waals surface area (Å²) in [4.78, 5) is 0.981. The summed E-state index contributed by atoms with van der Waals surface area (Å²) in [6.45, 7) is 0. The Morgan fingerprint density at radius 2 is 1.67 bits per heavy atom. The number of nitrogens with one attached hydrogen (secondary N) is 1. The lowest BCUT2D eigenvalue weighted by Gasteiger charge is -1.67. The number of rotatable bonds is 1. The first kappa shape index (κ1) is 9.48. The van der Waals surface area contributed by atoms with Gasteiger partial charge in [-0.25, -0.2) is 8.42 Å². The third-order valence-electron chi connectivity index (χ3n) is 0.0816. The molecular formula is H4ClNO3S. The third-order valence-corrected chi connectivity index (χ3v) is 0.245. The van der Waals surface area contributed by atoms with Crippen LogP contribution in [0.2, 0.25) is 0 Å². The van der Waals surface area contributed by atoms with Gasteiger partial charge in [-0.3, -0.25) is 0 Å². The zero-order chi connectivity index (χ0) is 4.28. The minimum atomic E-state index is -2.79. The first-order chi connectivity index (χ1) is 2.27. The fraction of sp³-hybridized carbons (Fsp3) is 0. The van der Waals surface area contributed by atoms with Crippen molar-refractivity contribution in [1.29, 1.82) is 0 Å². The summed E-state index contributed by atoms with van der Waals surface area (Å²) in [5.74, 6) is 0. The van der Waals surface area contributed by atoms with E-state index in [1.807, 2.05) is 0 Å². The molecule has 0 aromatic rings. The topological polar surface area (TPSA) is 66.4 Å². The number of thiol groups is 1. The van der Waals surface area contributed by atoms with Crippen LogP contribution >= 0.6 is 12.4 Å². The predicted molar refractivity (Wildman–Crippen MR) is 22.5 cm³/mol. The van der Waals surface area contributed by atoms with E-state index in [1.165, 1.54) is 0 Å². The highest BCUT2D eigenvalue weighted by Gasteiger charge is 1.61. The molecule has 0 saturated carbocycles. The van der Waals surface area contributed by atoms with Crippen LogP contribution in [0.1, 0.15) is 0 Å². The molecule has 0 aromatic heterocycles. The second-order valence-electron chi connectivity index (χ2n) is 0.357. The summed E-state index contributed by atoms with van der Waals surface area (Å²) >= 11 is 0. The quantitative estimate of drug-likeness (QED) is 0.315. The van der Waals surface area contributed by atoms with E-state index < -0.39 is 10.9 Å². The molecule has 6 heavy (non-hydrogen) atoms. The highest BCUT2D eigenvalue weighted by atomic mass is 35.5. The molecule has 2 N–H and O–H groups in total. The second kappa shape index (κ2) is 5.16. The minimum absolute atomic E-state index is 0. The lowest BCUT2D eigenvalue weighted by Crippen LogP contribution is -2.00. The van der Waals surface area contributed by atoms with Crippen LogP contribution in [0, 0.1) is 0 Å². The van der Waals surface area contributed by atoms with E-state index in [1.54, 1.807) is 0 Å². The predicted octanol–water partition coefficient (Wildman–Crippen LogP) is -1.09. The molecule has 6 heteroatoms. The molecule has 0 atom stereocenters. The van der Waals surface area contributed by atoms with E-state index in [-0.39, 0.29) is 12.4 Å². The lowest BCUT2D eigenvalue weighted by atomic mass is 13.5. The molecule has 0 radical (unpaired) electrons. The Hall–Kier alpha value is 0.160. The van der Waals surface area contributed by atoms with Crippen molar-refractivity contribution in [1.82, 2.24) is 4.89 Å². The average Bonchev–Trinajstić information content (AvgIpc) is 1.38. The number of hydrogen-bond acceptors (Lipinski definition) is 3. The highest BCUT2D eigenvalue weighted by molar-refractivity contribution is 7.70. The molecule has 0 bridgehead atoms. The van der Waals surface area contributed by atoms with Crippen LogP contribution in [0.3, 0.4) is 0 Å². The molecule has 0 aliphatic carbocycles. The molecule has 0 aromatic carbocycles. The summed E-state index contributed by atoms with van der Waals surface area (Å²) in [6, 6.07) is 0. The van der Waals surface area contributed by atoms with E-state index in [9.17, 15) is 0 Å². The Kier molecular flexibility index (Phi) is 8.15. The van der Waals surface area contributed by atoms with Gasteiger partial charge in [-0.2, -0.15) is 0 Å². The molecule has 4 nitrogen and oxygen atoms in total. The smallest absolute Gasteiger partial charge is 0.223 e. The molecule has 0 amide bonds. The van der Waals surface area contributed by atoms with Gasteiger partial charge in [0.25, 0.3) is 0 Å². The van der Waals surface area contributed by atoms with Crippen molar-refractivity contribution in [3.05, 3.63) is 0 Å². The molecule has 0 heterocycles. The van der Waals surface area contributed by atoms with Crippen LogP contribution in [0.15, 0.2) is 0 Å². The fourth-order valence-electron chi connectivity index (χ4n) is 0. The molecule has 0 fully saturated rings. The van der Waals surface area contributed by atoms with E-state index in [2.05, 4.69) is 0 Å². The van der Waals surface area contributed by atoms with Crippen molar-refractivity contribution in [2.24, 2.45) is 0 Å². The van der Waals surface area contributed by atoms with Gasteiger partial charge in [-0.15, -0.1) is 12.4 Å². The zero-order valence-electron chi connectivity index (χ0n) is 2.62. The Morgan fingerprint density at radius 1 is 1.50 bits per heavy atom. The van der Waals surface area contributed by atoms with Crippen LogP contribution in [0.25, 0.3) is 0 Å². The summed E-state index contributed by atoms with van der Waals surface area (Å²) in [6.07, 6.45) is 0.